The van der Waals surface area contributed by atoms with Gasteiger partial charge in [-0.25, -0.2) is 9.97 Å². The highest BCUT2D eigenvalue weighted by atomic mass is 35.5. The first-order valence-electron chi connectivity index (χ1n) is 4.33. The van der Waals surface area contributed by atoms with Crippen LogP contribution in [0.5, 0.6) is 0 Å². The molecule has 84 valence electrons. The van der Waals surface area contributed by atoms with E-state index in [-0.39, 0.29) is 10.0 Å². The predicted octanol–water partition coefficient (Wildman–Crippen LogP) is 1.07. The summed E-state index contributed by atoms with van der Waals surface area (Å²) in [5, 5.41) is 4.89. The number of anilines is 2. The fourth-order valence-electron chi connectivity index (χ4n) is 1.09. The molecule has 2 aromatic heterocycles. The van der Waals surface area contributed by atoms with Gasteiger partial charge in [0, 0.05) is 11.1 Å². The predicted molar refractivity (Wildman–Crippen MR) is 63.7 cm³/mol. The maximum absolute atomic E-state index is 10.9. The maximum atomic E-state index is 10.9. The lowest BCUT2D eigenvalue weighted by molar-refractivity contribution is 1.03. The molecule has 2 aromatic rings. The topological polar surface area (TPSA) is 96.7 Å². The molecule has 0 spiro atoms. The van der Waals surface area contributed by atoms with Gasteiger partial charge in [-0.15, -0.1) is 0 Å². The molecule has 0 bridgehead atoms. The van der Waals surface area contributed by atoms with E-state index in [0.717, 1.165) is 17.0 Å². The van der Waals surface area contributed by atoms with Crippen molar-refractivity contribution in [1.82, 2.24) is 15.0 Å². The lowest BCUT2D eigenvalue weighted by Gasteiger charge is -2.06. The molecule has 6 nitrogen and oxygen atoms in total. The number of H-pyrrole nitrogens is 1. The van der Waals surface area contributed by atoms with Crippen molar-refractivity contribution in [2.75, 3.05) is 11.1 Å². The molecule has 4 N–H and O–H groups in total. The third-order valence-corrected chi connectivity index (χ3v) is 2.87. The number of aromatic nitrogens is 3. The van der Waals surface area contributed by atoms with Gasteiger partial charge in [-0.05, 0) is 0 Å². The molecule has 0 aromatic carbocycles. The minimum Gasteiger partial charge on any atom is -0.393 e. The van der Waals surface area contributed by atoms with Gasteiger partial charge >= 0.3 is 4.87 Å². The fourth-order valence-corrected chi connectivity index (χ4v) is 1.81. The second-order valence-electron chi connectivity index (χ2n) is 2.95. The first-order valence-corrected chi connectivity index (χ1v) is 5.59. The van der Waals surface area contributed by atoms with Gasteiger partial charge < -0.3 is 16.0 Å². The monoisotopic (exact) mass is 257 g/mol. The second kappa shape index (κ2) is 4.50. The van der Waals surface area contributed by atoms with Crippen LogP contribution >= 0.6 is 22.9 Å². The lowest BCUT2D eigenvalue weighted by Crippen LogP contribution is -2.07. The van der Waals surface area contributed by atoms with E-state index in [2.05, 4.69) is 20.3 Å². The van der Waals surface area contributed by atoms with Crippen LogP contribution in [0.25, 0.3) is 0 Å². The van der Waals surface area contributed by atoms with E-state index in [1.54, 1.807) is 5.38 Å². The van der Waals surface area contributed by atoms with E-state index >= 15 is 0 Å². The van der Waals surface area contributed by atoms with E-state index in [9.17, 15) is 4.79 Å². The summed E-state index contributed by atoms with van der Waals surface area (Å²) in [5.41, 5.74) is 6.72. The number of halogens is 1. The smallest absolute Gasteiger partial charge is 0.304 e. The van der Waals surface area contributed by atoms with Crippen LogP contribution in [0.3, 0.4) is 0 Å². The molecule has 0 atom stereocenters. The molecule has 0 amide bonds. The molecule has 0 fully saturated rings. The molecule has 2 rings (SSSR count). The van der Waals surface area contributed by atoms with Crippen LogP contribution in [0.2, 0.25) is 5.15 Å². The number of nitrogen functional groups attached to an aromatic ring is 1. The quantitative estimate of drug-likeness (QED) is 0.715. The number of nitrogens with one attached hydrogen (secondary N) is 2. The van der Waals surface area contributed by atoms with Gasteiger partial charge in [0.2, 0.25) is 0 Å². The van der Waals surface area contributed by atoms with Crippen LogP contribution in [0.4, 0.5) is 11.5 Å². The van der Waals surface area contributed by atoms with E-state index in [0.29, 0.717) is 18.1 Å². The highest BCUT2D eigenvalue weighted by molar-refractivity contribution is 7.07. The van der Waals surface area contributed by atoms with Crippen molar-refractivity contribution in [2.45, 2.75) is 6.54 Å². The van der Waals surface area contributed by atoms with Crippen LogP contribution in [0, 0.1) is 0 Å². The summed E-state index contributed by atoms with van der Waals surface area (Å²) in [6.07, 6.45) is 1.32. The molecule has 2 heterocycles. The van der Waals surface area contributed by atoms with Gasteiger partial charge in [-0.2, -0.15) is 0 Å². The number of hydrogen-bond donors (Lipinski definition) is 3. The first-order chi connectivity index (χ1) is 7.66. The standard InChI is InChI=1S/C8H8ClN5OS/c9-6-5(10)7(13-3-12-6)11-1-4-2-16-8(15)14-4/h2-3H,1,10H2,(H,14,15)(H,11,12,13). The summed E-state index contributed by atoms with van der Waals surface area (Å²) in [5.74, 6) is 0.451. The fraction of sp³-hybridized carbons (Fsp3) is 0.125. The molecular weight excluding hydrogens is 250 g/mol. The van der Waals surface area contributed by atoms with Crippen molar-refractivity contribution < 1.29 is 0 Å². The Morgan fingerprint density at radius 3 is 3.06 bits per heavy atom. The van der Waals surface area contributed by atoms with Crippen LogP contribution in [-0.2, 0) is 6.54 Å². The number of thiazole rings is 1. The largest absolute Gasteiger partial charge is 0.393 e. The van der Waals surface area contributed by atoms with E-state index in [1.807, 2.05) is 0 Å². The van der Waals surface area contributed by atoms with E-state index in [1.165, 1.54) is 6.33 Å². The molecule has 0 saturated carbocycles. The molecular formula is C8H8ClN5OS. The Morgan fingerprint density at radius 2 is 2.38 bits per heavy atom. The van der Waals surface area contributed by atoms with Gasteiger partial charge in [-0.1, -0.05) is 22.9 Å². The average Bonchev–Trinajstić information content (AvgIpc) is 2.67. The number of rotatable bonds is 3. The molecule has 0 radical (unpaired) electrons. The van der Waals surface area contributed by atoms with Crippen LogP contribution < -0.4 is 15.9 Å². The normalized spacial score (nSPS) is 10.3. The summed E-state index contributed by atoms with van der Waals surface area (Å²) >= 11 is 6.83. The molecule has 8 heteroatoms. The van der Waals surface area contributed by atoms with Crippen molar-refractivity contribution in [3.05, 3.63) is 32.2 Å². The lowest BCUT2D eigenvalue weighted by atomic mass is 10.4. The SMILES string of the molecule is Nc1c(Cl)ncnc1NCc1csc(=O)[nH]1. The van der Waals surface area contributed by atoms with Crippen molar-refractivity contribution in [2.24, 2.45) is 0 Å². The summed E-state index contributed by atoms with van der Waals surface area (Å²) in [4.78, 5) is 21.1. The highest BCUT2D eigenvalue weighted by Gasteiger charge is 2.05. The summed E-state index contributed by atoms with van der Waals surface area (Å²) in [6, 6.07) is 0. The van der Waals surface area contributed by atoms with Crippen molar-refractivity contribution in [3.63, 3.8) is 0 Å². The summed E-state index contributed by atoms with van der Waals surface area (Å²) in [7, 11) is 0. The van der Waals surface area contributed by atoms with Gasteiger partial charge in [0.05, 0.1) is 6.54 Å². The minimum atomic E-state index is -0.0921. The Balaban J connectivity index is 2.10. The maximum Gasteiger partial charge on any atom is 0.304 e. The average molecular weight is 258 g/mol. The van der Waals surface area contributed by atoms with E-state index in [4.69, 9.17) is 17.3 Å². The molecule has 0 saturated heterocycles. The summed E-state index contributed by atoms with van der Waals surface area (Å²) < 4.78 is 0. The molecule has 0 unspecified atom stereocenters. The van der Waals surface area contributed by atoms with Gasteiger partial charge in [0.15, 0.2) is 11.0 Å². The Kier molecular flexibility index (Phi) is 3.07. The zero-order valence-corrected chi connectivity index (χ0v) is 9.60. The Morgan fingerprint density at radius 1 is 1.56 bits per heavy atom. The van der Waals surface area contributed by atoms with Crippen LogP contribution in [-0.4, -0.2) is 15.0 Å². The zero-order valence-electron chi connectivity index (χ0n) is 8.03. The number of nitrogens with zero attached hydrogens (tertiary/aromatic N) is 2. The van der Waals surface area contributed by atoms with Crippen LogP contribution in [0.15, 0.2) is 16.5 Å². The number of aromatic amines is 1. The molecule has 0 aliphatic rings. The van der Waals surface area contributed by atoms with Gasteiger partial charge in [0.1, 0.15) is 12.0 Å². The Hall–Kier alpha value is -1.60. The Labute approximate surface area is 99.5 Å². The highest BCUT2D eigenvalue weighted by Crippen LogP contribution is 2.22. The third-order valence-electron chi connectivity index (χ3n) is 1.85. The molecule has 0 aliphatic heterocycles. The number of hydrogen-bond acceptors (Lipinski definition) is 6. The minimum absolute atomic E-state index is 0.0921. The van der Waals surface area contributed by atoms with Crippen LogP contribution in [0.1, 0.15) is 5.69 Å². The van der Waals surface area contributed by atoms with Crippen molar-refractivity contribution in [1.29, 1.82) is 0 Å². The summed E-state index contributed by atoms with van der Waals surface area (Å²) in [6.45, 7) is 0.427. The van der Waals surface area contributed by atoms with Gasteiger partial charge in [0.25, 0.3) is 0 Å². The third kappa shape index (κ3) is 2.31. The molecule has 0 aliphatic carbocycles. The van der Waals surface area contributed by atoms with Gasteiger partial charge in [-0.3, -0.25) is 4.79 Å². The number of nitrogens with two attached hydrogens (primary N) is 1. The van der Waals surface area contributed by atoms with Crippen molar-refractivity contribution >= 4 is 34.4 Å². The van der Waals surface area contributed by atoms with Crippen molar-refractivity contribution in [3.8, 4) is 0 Å². The first kappa shape index (κ1) is 10.9. The van der Waals surface area contributed by atoms with E-state index < -0.39 is 0 Å². The second-order valence-corrected chi connectivity index (χ2v) is 4.15. The molecule has 16 heavy (non-hydrogen) atoms. The Bertz CT molecular complexity index is 551. The zero-order chi connectivity index (χ0) is 11.5.